The highest BCUT2D eigenvalue weighted by molar-refractivity contribution is 4.83. The van der Waals surface area contributed by atoms with Crippen LogP contribution in [0.1, 0.15) is 13.3 Å². The number of rotatable bonds is 6. The fourth-order valence-electron chi connectivity index (χ4n) is 1.01. The van der Waals surface area contributed by atoms with Crippen molar-refractivity contribution < 1.29 is 30.6 Å². The van der Waals surface area contributed by atoms with Crippen molar-refractivity contribution in [1.82, 2.24) is 0 Å². The Morgan fingerprint density at radius 2 is 1.21 bits per heavy atom. The number of aliphatic hydroxyl groups excluding tert-OH is 6. The summed E-state index contributed by atoms with van der Waals surface area (Å²) < 4.78 is 0. The Morgan fingerprint density at radius 1 is 0.786 bits per heavy atom. The van der Waals surface area contributed by atoms with Gasteiger partial charge in [-0.3, -0.25) is 0 Å². The summed E-state index contributed by atoms with van der Waals surface area (Å²) in [6.07, 6.45) is -7.42. The molecule has 5 atom stereocenters. The van der Waals surface area contributed by atoms with E-state index >= 15 is 0 Å². The number of hydrogen-bond acceptors (Lipinski definition) is 6. The van der Waals surface area contributed by atoms with Gasteiger partial charge in [-0.05, 0) is 6.42 Å². The molecule has 0 saturated carbocycles. The minimum absolute atomic E-state index is 0.208. The molecule has 0 aliphatic rings. The summed E-state index contributed by atoms with van der Waals surface area (Å²) in [7, 11) is 0. The largest absolute Gasteiger partial charge is 0.394 e. The fraction of sp³-hybridized carbons (Fsp3) is 1.00. The van der Waals surface area contributed by atoms with E-state index in [1.807, 2.05) is 0 Å². The second kappa shape index (κ2) is 6.28. The van der Waals surface area contributed by atoms with Gasteiger partial charge >= 0.3 is 0 Å². The van der Waals surface area contributed by atoms with Gasteiger partial charge in [0.1, 0.15) is 24.4 Å². The van der Waals surface area contributed by atoms with Crippen molar-refractivity contribution in [2.45, 2.75) is 43.9 Å². The average Bonchev–Trinajstić information content (AvgIpc) is 2.23. The Hall–Kier alpha value is -0.240. The monoisotopic (exact) mass is 210 g/mol. The van der Waals surface area contributed by atoms with Crippen LogP contribution < -0.4 is 0 Å². The molecule has 0 heterocycles. The van der Waals surface area contributed by atoms with Gasteiger partial charge in [-0.2, -0.15) is 0 Å². The third-order valence-electron chi connectivity index (χ3n) is 2.09. The van der Waals surface area contributed by atoms with Gasteiger partial charge in [0.2, 0.25) is 0 Å². The molecule has 0 aliphatic heterocycles. The van der Waals surface area contributed by atoms with Crippen LogP contribution in [0.25, 0.3) is 0 Å². The summed E-state index contributed by atoms with van der Waals surface area (Å²) >= 11 is 0. The number of hydrogen-bond donors (Lipinski definition) is 6. The maximum absolute atomic E-state index is 9.26. The summed E-state index contributed by atoms with van der Waals surface area (Å²) in [4.78, 5) is 0. The molecular weight excluding hydrogens is 192 g/mol. The van der Waals surface area contributed by atoms with Crippen LogP contribution in [0, 0.1) is 0 Å². The van der Waals surface area contributed by atoms with Gasteiger partial charge in [0.25, 0.3) is 0 Å². The summed E-state index contributed by atoms with van der Waals surface area (Å²) in [5.74, 6) is 0. The summed E-state index contributed by atoms with van der Waals surface area (Å²) in [6, 6.07) is 0. The topological polar surface area (TPSA) is 121 Å². The Morgan fingerprint density at radius 3 is 1.57 bits per heavy atom. The first kappa shape index (κ1) is 13.8. The van der Waals surface area contributed by atoms with Gasteiger partial charge in [-0.1, -0.05) is 6.92 Å². The van der Waals surface area contributed by atoms with Gasteiger partial charge in [0.05, 0.1) is 12.7 Å². The quantitative estimate of drug-likeness (QED) is 0.281. The average molecular weight is 210 g/mol. The van der Waals surface area contributed by atoms with Crippen molar-refractivity contribution in [2.24, 2.45) is 0 Å². The fourth-order valence-corrected chi connectivity index (χ4v) is 1.01. The van der Waals surface area contributed by atoms with Crippen LogP contribution in [0.5, 0.6) is 0 Å². The Bertz CT molecular complexity index is 137. The van der Waals surface area contributed by atoms with Gasteiger partial charge in [0, 0.05) is 0 Å². The smallest absolute Gasteiger partial charge is 0.111 e. The molecule has 0 bridgehead atoms. The first-order valence-electron chi connectivity index (χ1n) is 4.46. The maximum atomic E-state index is 9.26. The van der Waals surface area contributed by atoms with Crippen molar-refractivity contribution in [2.75, 3.05) is 6.61 Å². The zero-order chi connectivity index (χ0) is 11.3. The second-order valence-corrected chi connectivity index (χ2v) is 3.20. The van der Waals surface area contributed by atoms with E-state index in [-0.39, 0.29) is 6.42 Å². The summed E-state index contributed by atoms with van der Waals surface area (Å²) in [5, 5.41) is 54.2. The highest BCUT2D eigenvalue weighted by atomic mass is 16.4. The van der Waals surface area contributed by atoms with Crippen LogP contribution in [0.4, 0.5) is 0 Å². The predicted molar refractivity (Wildman–Crippen MR) is 47.4 cm³/mol. The molecule has 0 saturated heterocycles. The summed E-state index contributed by atoms with van der Waals surface area (Å²) in [5.41, 5.74) is 0. The Kier molecular flexibility index (Phi) is 6.17. The zero-order valence-electron chi connectivity index (χ0n) is 7.98. The van der Waals surface area contributed by atoms with E-state index in [1.165, 1.54) is 0 Å². The second-order valence-electron chi connectivity index (χ2n) is 3.20. The Labute approximate surface area is 82.1 Å². The lowest BCUT2D eigenvalue weighted by Crippen LogP contribution is -2.49. The normalized spacial score (nSPS) is 22.5. The standard InChI is InChI=1S/C8H18O6/c1-2-4(10)6(12)8(14)7(13)5(11)3-9/h4-14H,2-3H2,1H3/t4?,5-,6-,7-,8-/m1/s1. The van der Waals surface area contributed by atoms with Gasteiger partial charge in [0.15, 0.2) is 0 Å². The molecule has 0 rings (SSSR count). The van der Waals surface area contributed by atoms with E-state index in [0.717, 1.165) is 0 Å². The van der Waals surface area contributed by atoms with E-state index in [0.29, 0.717) is 0 Å². The van der Waals surface area contributed by atoms with E-state index < -0.39 is 37.1 Å². The van der Waals surface area contributed by atoms with Crippen LogP contribution >= 0.6 is 0 Å². The van der Waals surface area contributed by atoms with E-state index in [2.05, 4.69) is 0 Å². The molecule has 0 aromatic rings. The molecule has 0 spiro atoms. The highest BCUT2D eigenvalue weighted by Crippen LogP contribution is 2.10. The lowest BCUT2D eigenvalue weighted by atomic mass is 9.98. The zero-order valence-corrected chi connectivity index (χ0v) is 7.98. The van der Waals surface area contributed by atoms with Crippen molar-refractivity contribution >= 4 is 0 Å². The van der Waals surface area contributed by atoms with Crippen LogP contribution in [0.2, 0.25) is 0 Å². The molecule has 86 valence electrons. The first-order chi connectivity index (χ1) is 6.45. The lowest BCUT2D eigenvalue weighted by Gasteiger charge is -2.27. The minimum Gasteiger partial charge on any atom is -0.394 e. The molecule has 0 aromatic heterocycles. The maximum Gasteiger partial charge on any atom is 0.111 e. The molecule has 6 N–H and O–H groups in total. The van der Waals surface area contributed by atoms with Crippen LogP contribution in [0.15, 0.2) is 0 Å². The Balaban J connectivity index is 4.22. The minimum atomic E-state index is -1.69. The van der Waals surface area contributed by atoms with Crippen LogP contribution in [0.3, 0.4) is 0 Å². The molecule has 1 unspecified atom stereocenters. The van der Waals surface area contributed by atoms with Crippen LogP contribution in [-0.2, 0) is 0 Å². The molecule has 0 aromatic carbocycles. The van der Waals surface area contributed by atoms with Crippen molar-refractivity contribution in [3.05, 3.63) is 0 Å². The van der Waals surface area contributed by atoms with Gasteiger partial charge in [-0.25, -0.2) is 0 Å². The molecule has 0 amide bonds. The molecule has 6 nitrogen and oxygen atoms in total. The molecule has 14 heavy (non-hydrogen) atoms. The van der Waals surface area contributed by atoms with E-state index in [9.17, 15) is 10.2 Å². The summed E-state index contributed by atoms with van der Waals surface area (Å²) in [6.45, 7) is 0.864. The third kappa shape index (κ3) is 3.49. The van der Waals surface area contributed by atoms with Crippen molar-refractivity contribution in [3.63, 3.8) is 0 Å². The molecule has 0 radical (unpaired) electrons. The SMILES string of the molecule is CCC(O)[C@@H](O)[C@@H](O)[C@H](O)[C@H](O)CO. The van der Waals surface area contributed by atoms with E-state index in [4.69, 9.17) is 20.4 Å². The third-order valence-corrected chi connectivity index (χ3v) is 2.09. The van der Waals surface area contributed by atoms with Crippen LogP contribution in [-0.4, -0.2) is 67.8 Å². The predicted octanol–water partition coefficient (Wildman–Crippen LogP) is -2.81. The molecule has 0 fully saturated rings. The first-order valence-corrected chi connectivity index (χ1v) is 4.46. The van der Waals surface area contributed by atoms with Crippen molar-refractivity contribution in [3.8, 4) is 0 Å². The van der Waals surface area contributed by atoms with E-state index in [1.54, 1.807) is 6.92 Å². The lowest BCUT2D eigenvalue weighted by molar-refractivity contribution is -0.140. The molecule has 0 aliphatic carbocycles. The van der Waals surface area contributed by atoms with Gasteiger partial charge < -0.3 is 30.6 Å². The van der Waals surface area contributed by atoms with Gasteiger partial charge in [-0.15, -0.1) is 0 Å². The number of aliphatic hydroxyl groups is 6. The molecular formula is C8H18O6. The molecule has 6 heteroatoms. The van der Waals surface area contributed by atoms with Crippen molar-refractivity contribution in [1.29, 1.82) is 0 Å². The highest BCUT2D eigenvalue weighted by Gasteiger charge is 2.33.